The molecule has 0 saturated carbocycles. The summed E-state index contributed by atoms with van der Waals surface area (Å²) in [6.07, 6.45) is 2.28. The van der Waals surface area contributed by atoms with Crippen LogP contribution < -0.4 is 76.5 Å². The van der Waals surface area contributed by atoms with E-state index in [0.29, 0.717) is 51.6 Å². The van der Waals surface area contributed by atoms with Crippen LogP contribution >= 0.6 is 0 Å². The predicted molar refractivity (Wildman–Crippen MR) is 303 cm³/mol. The Kier molecular flexibility index (Phi) is 32.3. The van der Waals surface area contributed by atoms with E-state index in [-0.39, 0.29) is 63.5 Å². The summed E-state index contributed by atoms with van der Waals surface area (Å²) in [6, 6.07) is -0.695. The van der Waals surface area contributed by atoms with Crippen LogP contribution in [0.25, 0.3) is 0 Å². The van der Waals surface area contributed by atoms with E-state index in [9.17, 15) is 63.0 Å². The molecule has 82 heavy (non-hydrogen) atoms. The minimum Gasteiger partial charge on any atom is -0.480 e. The van der Waals surface area contributed by atoms with E-state index in [1.165, 1.54) is 11.8 Å². The Morgan fingerprint density at radius 2 is 1.20 bits per heavy atom. The molecule has 1 aromatic carbocycles. The van der Waals surface area contributed by atoms with Gasteiger partial charge in [0.25, 0.3) is 0 Å². The van der Waals surface area contributed by atoms with Gasteiger partial charge in [0.1, 0.15) is 42.3 Å². The number of rotatable bonds is 38. The lowest BCUT2D eigenvalue weighted by Crippen LogP contribution is -2.60. The van der Waals surface area contributed by atoms with Crippen molar-refractivity contribution in [2.45, 2.75) is 166 Å². The van der Waals surface area contributed by atoms with Crippen LogP contribution in [0.1, 0.15) is 111 Å². The number of likely N-dealkylation sites (tertiary alicyclic amines) is 1. The molecule has 1 aromatic rings. The Morgan fingerprint density at radius 3 is 1.79 bits per heavy atom. The highest BCUT2D eigenvalue weighted by molar-refractivity contribution is 5.98. The van der Waals surface area contributed by atoms with E-state index in [1.54, 1.807) is 52.0 Å². The number of amides is 10. The van der Waals surface area contributed by atoms with Gasteiger partial charge in [-0.05, 0) is 102 Å². The normalized spacial score (nSPS) is 15.9. The summed E-state index contributed by atoms with van der Waals surface area (Å²) >= 11 is 0. The fourth-order valence-corrected chi connectivity index (χ4v) is 8.70. The first-order valence-corrected chi connectivity index (χ1v) is 27.9. The van der Waals surface area contributed by atoms with E-state index < -0.39 is 145 Å². The molecule has 1 heterocycles. The van der Waals surface area contributed by atoms with Gasteiger partial charge in [0.2, 0.25) is 59.1 Å². The average Bonchev–Trinajstić information content (AvgIpc) is 4.06. The van der Waals surface area contributed by atoms with Gasteiger partial charge in [0.15, 0.2) is 5.96 Å². The lowest BCUT2D eigenvalue weighted by atomic mass is 10.0. The summed E-state index contributed by atoms with van der Waals surface area (Å²) in [7, 11) is 0. The summed E-state index contributed by atoms with van der Waals surface area (Å²) in [6.45, 7) is 6.96. The van der Waals surface area contributed by atoms with Crippen molar-refractivity contribution in [1.29, 1.82) is 0 Å². The van der Waals surface area contributed by atoms with Gasteiger partial charge in [-0.15, -0.1) is 0 Å². The van der Waals surface area contributed by atoms with Crippen molar-refractivity contribution in [3.8, 4) is 0 Å². The highest BCUT2D eigenvalue weighted by Crippen LogP contribution is 2.20. The van der Waals surface area contributed by atoms with E-state index in [2.05, 4.69) is 52.8 Å². The van der Waals surface area contributed by atoms with Crippen LogP contribution in [0.2, 0.25) is 0 Å². The van der Waals surface area contributed by atoms with Gasteiger partial charge < -0.3 is 91.6 Å². The number of benzene rings is 1. The maximum atomic E-state index is 14.0. The minimum atomic E-state index is -1.67. The second-order valence-electron chi connectivity index (χ2n) is 21.0. The number of hydrogen-bond acceptors (Lipinski definition) is 16. The summed E-state index contributed by atoms with van der Waals surface area (Å²) in [5.41, 5.74) is 28.9. The van der Waals surface area contributed by atoms with E-state index in [4.69, 9.17) is 28.7 Å². The monoisotopic (exact) mass is 1160 g/mol. The molecule has 29 heteroatoms. The van der Waals surface area contributed by atoms with Gasteiger partial charge in [-0.2, -0.15) is 0 Å². The largest absolute Gasteiger partial charge is 0.480 e. The number of aliphatic hydroxyl groups is 1. The number of nitrogens with zero attached hydrogens (tertiary/aromatic N) is 2. The number of carboxylic acid groups (broad SMARTS) is 1. The molecule has 0 radical (unpaired) electrons. The Bertz CT molecular complexity index is 2300. The smallest absolute Gasteiger partial charge is 0.326 e. The molecule has 1 fully saturated rings. The lowest BCUT2D eigenvalue weighted by Gasteiger charge is -2.29. The van der Waals surface area contributed by atoms with Crippen LogP contribution in [0.15, 0.2) is 35.3 Å². The van der Waals surface area contributed by atoms with Crippen LogP contribution in [0, 0.1) is 11.8 Å². The molecule has 0 spiro atoms. The average molecular weight is 1160 g/mol. The maximum Gasteiger partial charge on any atom is 0.326 e. The van der Waals surface area contributed by atoms with Gasteiger partial charge in [-0.25, -0.2) is 4.79 Å². The molecule has 9 atom stereocenters. The number of carboxylic acids is 1. The van der Waals surface area contributed by atoms with Gasteiger partial charge in [0.05, 0.1) is 31.8 Å². The summed E-state index contributed by atoms with van der Waals surface area (Å²) in [5.74, 6) is -9.96. The van der Waals surface area contributed by atoms with Gasteiger partial charge in [-0.1, -0.05) is 64.4 Å². The number of aliphatic hydroxyl groups excluding tert-OH is 1. The molecule has 2 rings (SSSR count). The molecule has 0 bridgehead atoms. The Labute approximate surface area is 478 Å². The molecule has 21 N–H and O–H groups in total. The fraction of sp³-hybridized carbons (Fsp3) is 0.660. The quantitative estimate of drug-likeness (QED) is 0.0168. The molecule has 10 amide bonds. The highest BCUT2D eigenvalue weighted by atomic mass is 16.4. The number of nitrogens with two attached hydrogens (primary N) is 5. The summed E-state index contributed by atoms with van der Waals surface area (Å²) in [4.78, 5) is 151. The second kappa shape index (κ2) is 37.5. The minimum absolute atomic E-state index is 0.0432. The van der Waals surface area contributed by atoms with Crippen molar-refractivity contribution in [2.24, 2.45) is 45.5 Å². The van der Waals surface area contributed by atoms with Crippen LogP contribution in [0.3, 0.4) is 0 Å². The molecule has 0 aliphatic carbocycles. The van der Waals surface area contributed by atoms with E-state index in [1.807, 2.05) is 6.07 Å². The number of unbranched alkanes of at least 4 members (excludes halogenated alkanes) is 2. The second-order valence-corrected chi connectivity index (χ2v) is 21.0. The predicted octanol–water partition coefficient (Wildman–Crippen LogP) is -4.72. The number of guanidine groups is 1. The van der Waals surface area contributed by atoms with Crippen molar-refractivity contribution in [2.75, 3.05) is 45.8 Å². The molecule has 460 valence electrons. The van der Waals surface area contributed by atoms with Crippen molar-refractivity contribution in [1.82, 2.24) is 52.8 Å². The third kappa shape index (κ3) is 26.4. The lowest BCUT2D eigenvalue weighted by molar-refractivity contribution is -0.142. The number of nitrogens with one attached hydrogen (secondary N) is 9. The van der Waals surface area contributed by atoms with E-state index >= 15 is 0 Å². The van der Waals surface area contributed by atoms with Crippen LogP contribution in [0.4, 0.5) is 0 Å². The Morgan fingerprint density at radius 1 is 0.622 bits per heavy atom. The topological polar surface area (TPSA) is 482 Å². The standard InChI is InChI=1S/C53H90N16O13/c1-30(2)25-37(47(76)65-36(52(81)82)18-10-12-22-55)63-41(72)29-61-46(75)35(19-13-23-59-53(57)58)64-49(78)43(31(3)4)68-50(79)44(32(5)70)67-42(73)28-60-40(71)27-62-48(77)39-20-14-24-69(39)51(80)38(26-33-15-7-6-8-16-33)66-45(74)34(56)17-9-11-21-54/h6-8,15-16,30-32,34-39,43-44,70H,9-14,17-29,54-56H2,1-5H3,(H,60,71)(H,61,75)(H,62,77)(H,63,72)(H,64,78)(H,65,76)(H,66,74)(H,67,73)(H,68,79)(H,81,82)(H4,57,58,59)/t32-,34+,35+,36+,37+,38+,39+,43+,44+/m1/s1. The molecule has 1 saturated heterocycles. The number of carbonyl (C=O) groups is 11. The zero-order chi connectivity index (χ0) is 61.5. The maximum absolute atomic E-state index is 14.0. The van der Waals surface area contributed by atoms with E-state index in [0.717, 1.165) is 5.56 Å². The molecule has 29 nitrogen and oxygen atoms in total. The zero-order valence-electron chi connectivity index (χ0n) is 47.8. The van der Waals surface area contributed by atoms with Crippen LogP contribution in [-0.2, 0) is 59.2 Å². The SMILES string of the molecule is CC(C)C[C@H](NC(=O)CNC(=O)[C@H](CCCN=C(N)N)NC(=O)[C@@H](NC(=O)[C@@H](NC(=O)CNC(=O)CNC(=O)[C@@H]1CCCN1C(=O)[C@H](Cc1ccccc1)NC(=O)[C@@H](N)CCCCN)[C@@H](C)O)C(C)C)C(=O)N[C@@H](CCCCN)C(=O)O. The molecule has 1 aliphatic heterocycles. The molecular weight excluding hydrogens is 1070 g/mol. The summed E-state index contributed by atoms with van der Waals surface area (Å²) in [5, 5.41) is 42.6. The van der Waals surface area contributed by atoms with Crippen molar-refractivity contribution >= 4 is 71.0 Å². The van der Waals surface area contributed by atoms with Crippen molar-refractivity contribution in [3.05, 3.63) is 35.9 Å². The first kappa shape index (κ1) is 70.6. The van der Waals surface area contributed by atoms with Crippen molar-refractivity contribution in [3.63, 3.8) is 0 Å². The zero-order valence-corrected chi connectivity index (χ0v) is 47.8. The Hall–Kier alpha value is -7.50. The third-order valence-corrected chi connectivity index (χ3v) is 13.2. The number of carbonyl (C=O) groups excluding carboxylic acids is 10. The van der Waals surface area contributed by atoms with Gasteiger partial charge >= 0.3 is 5.97 Å². The fourth-order valence-electron chi connectivity index (χ4n) is 8.70. The summed E-state index contributed by atoms with van der Waals surface area (Å²) < 4.78 is 0. The van der Waals surface area contributed by atoms with Gasteiger partial charge in [-0.3, -0.25) is 52.9 Å². The number of hydrogen-bond donors (Lipinski definition) is 16. The molecule has 0 unspecified atom stereocenters. The first-order valence-electron chi connectivity index (χ1n) is 27.9. The highest BCUT2D eigenvalue weighted by Gasteiger charge is 2.39. The number of aliphatic imine (C=N–C) groups is 1. The molecule has 0 aromatic heterocycles. The van der Waals surface area contributed by atoms with Crippen molar-refractivity contribution < 1.29 is 63.0 Å². The molecular formula is C53H90N16O13. The Balaban J connectivity index is 2.08. The van der Waals surface area contributed by atoms with Gasteiger partial charge in [0, 0.05) is 19.5 Å². The third-order valence-electron chi connectivity index (χ3n) is 13.2. The van der Waals surface area contributed by atoms with Crippen LogP contribution in [-0.4, -0.2) is 186 Å². The molecule has 1 aliphatic rings. The first-order chi connectivity index (χ1) is 38.8. The van der Waals surface area contributed by atoms with Crippen LogP contribution in [0.5, 0.6) is 0 Å². The number of aliphatic carboxylic acids is 1.